The van der Waals surface area contributed by atoms with Gasteiger partial charge in [0.1, 0.15) is 10.6 Å². The number of aromatic nitrogens is 2. The molecule has 0 saturated carbocycles. The van der Waals surface area contributed by atoms with Crippen molar-refractivity contribution in [2.45, 2.75) is 33.8 Å². The molecule has 0 radical (unpaired) electrons. The summed E-state index contributed by atoms with van der Waals surface area (Å²) in [6.45, 7) is 7.43. The number of ether oxygens (including phenoxy) is 2. The molecule has 26 heavy (non-hydrogen) atoms. The number of benzene rings is 1. The summed E-state index contributed by atoms with van der Waals surface area (Å²) in [5, 5.41) is 0.595. The zero-order valence-electron chi connectivity index (χ0n) is 15.3. The van der Waals surface area contributed by atoms with E-state index in [1.54, 1.807) is 32.2 Å². The van der Waals surface area contributed by atoms with Crippen LogP contribution >= 0.6 is 11.3 Å². The number of aromatic amines is 1. The van der Waals surface area contributed by atoms with Gasteiger partial charge in [0.15, 0.2) is 11.9 Å². The van der Waals surface area contributed by atoms with Crippen LogP contribution in [0.4, 0.5) is 0 Å². The predicted molar refractivity (Wildman–Crippen MR) is 101 cm³/mol. The van der Waals surface area contributed by atoms with E-state index in [-0.39, 0.29) is 5.56 Å². The van der Waals surface area contributed by atoms with Crippen LogP contribution in [0, 0.1) is 20.8 Å². The van der Waals surface area contributed by atoms with Gasteiger partial charge < -0.3 is 14.5 Å². The number of carbonyl (C=O) groups excluding carboxylic acids is 1. The topological polar surface area (TPSA) is 81.3 Å². The second kappa shape index (κ2) is 6.92. The van der Waals surface area contributed by atoms with Crippen LogP contribution in [-0.4, -0.2) is 23.0 Å². The highest BCUT2D eigenvalue weighted by Gasteiger charge is 2.19. The van der Waals surface area contributed by atoms with E-state index in [4.69, 9.17) is 9.47 Å². The quantitative estimate of drug-likeness (QED) is 0.704. The van der Waals surface area contributed by atoms with E-state index in [1.807, 2.05) is 20.8 Å². The lowest BCUT2D eigenvalue weighted by Gasteiger charge is -2.13. The Morgan fingerprint density at radius 2 is 2.00 bits per heavy atom. The van der Waals surface area contributed by atoms with Crippen molar-refractivity contribution in [1.82, 2.24) is 9.97 Å². The van der Waals surface area contributed by atoms with Gasteiger partial charge >= 0.3 is 5.97 Å². The van der Waals surface area contributed by atoms with Gasteiger partial charge in [-0.3, -0.25) is 4.79 Å². The van der Waals surface area contributed by atoms with E-state index < -0.39 is 12.1 Å². The maximum absolute atomic E-state index is 12.4. The number of nitrogens with one attached hydrogen (secondary N) is 1. The lowest BCUT2D eigenvalue weighted by atomic mass is 10.1. The van der Waals surface area contributed by atoms with Crippen LogP contribution in [-0.2, 0) is 4.74 Å². The summed E-state index contributed by atoms with van der Waals surface area (Å²) < 4.78 is 10.7. The highest BCUT2D eigenvalue weighted by molar-refractivity contribution is 7.18. The zero-order chi connectivity index (χ0) is 19.0. The van der Waals surface area contributed by atoms with Gasteiger partial charge in [0.2, 0.25) is 0 Å². The van der Waals surface area contributed by atoms with Crippen LogP contribution in [0.5, 0.6) is 5.75 Å². The third-order valence-corrected chi connectivity index (χ3v) is 5.47. The third kappa shape index (κ3) is 3.22. The fourth-order valence-electron chi connectivity index (χ4n) is 2.70. The zero-order valence-corrected chi connectivity index (χ0v) is 16.1. The van der Waals surface area contributed by atoms with Crippen molar-refractivity contribution in [3.8, 4) is 5.75 Å². The van der Waals surface area contributed by atoms with Crippen molar-refractivity contribution in [2.75, 3.05) is 7.11 Å². The fraction of sp³-hybridized carbons (Fsp3) is 0.316. The molecule has 7 heteroatoms. The molecule has 0 spiro atoms. The fourth-order valence-corrected chi connectivity index (χ4v) is 3.73. The van der Waals surface area contributed by atoms with Crippen molar-refractivity contribution < 1.29 is 14.3 Å². The molecule has 136 valence electrons. The highest BCUT2D eigenvalue weighted by Crippen LogP contribution is 2.27. The lowest BCUT2D eigenvalue weighted by molar-refractivity contribution is 0.0319. The smallest absolute Gasteiger partial charge is 0.338 e. The summed E-state index contributed by atoms with van der Waals surface area (Å²) in [5.41, 5.74) is 2.02. The SMILES string of the molecule is COc1cc(C(=O)O[C@@H](C)c2nc3sc(C)c(C)c3c(=O)[nH]2)ccc1C. The number of fused-ring (bicyclic) bond motifs is 1. The van der Waals surface area contributed by atoms with E-state index in [2.05, 4.69) is 9.97 Å². The minimum Gasteiger partial charge on any atom is -0.496 e. The number of esters is 1. The summed E-state index contributed by atoms with van der Waals surface area (Å²) in [6.07, 6.45) is -0.686. The Bertz CT molecular complexity index is 1050. The van der Waals surface area contributed by atoms with Crippen LogP contribution in [0.2, 0.25) is 0 Å². The number of H-pyrrole nitrogens is 1. The van der Waals surface area contributed by atoms with E-state index in [1.165, 1.54) is 11.3 Å². The van der Waals surface area contributed by atoms with Crippen LogP contribution in [0.3, 0.4) is 0 Å². The van der Waals surface area contributed by atoms with Crippen molar-refractivity contribution in [3.63, 3.8) is 0 Å². The normalized spacial score (nSPS) is 12.2. The standard InChI is InChI=1S/C19H20N2O4S/c1-9-6-7-13(8-14(9)24-5)19(23)25-11(3)16-20-17(22)15-10(2)12(4)26-18(15)21-16/h6-8,11H,1-5H3,(H,20,21,22)/t11-/m0/s1. The van der Waals surface area contributed by atoms with Crippen molar-refractivity contribution in [1.29, 1.82) is 0 Å². The molecular formula is C19H20N2O4S. The first-order valence-electron chi connectivity index (χ1n) is 8.17. The molecule has 0 amide bonds. The van der Waals surface area contributed by atoms with Crippen LogP contribution in [0.1, 0.15) is 45.2 Å². The lowest BCUT2D eigenvalue weighted by Crippen LogP contribution is -2.17. The number of hydrogen-bond acceptors (Lipinski definition) is 6. The van der Waals surface area contributed by atoms with Crippen molar-refractivity contribution in [3.05, 3.63) is 55.9 Å². The van der Waals surface area contributed by atoms with Crippen LogP contribution in [0.15, 0.2) is 23.0 Å². The van der Waals surface area contributed by atoms with Gasteiger partial charge in [0.25, 0.3) is 5.56 Å². The van der Waals surface area contributed by atoms with Crippen LogP contribution in [0.25, 0.3) is 10.2 Å². The molecule has 3 aromatic rings. The first-order chi connectivity index (χ1) is 12.3. The van der Waals surface area contributed by atoms with Gasteiger partial charge in [-0.15, -0.1) is 11.3 Å². The molecule has 0 aliphatic rings. The third-order valence-electron chi connectivity index (χ3n) is 4.37. The summed E-state index contributed by atoms with van der Waals surface area (Å²) >= 11 is 1.46. The number of methoxy groups -OCH3 is 1. The Balaban J connectivity index is 1.88. The summed E-state index contributed by atoms with van der Waals surface area (Å²) in [4.78, 5) is 33.7. The predicted octanol–water partition coefficient (Wildman–Crippen LogP) is 3.84. The van der Waals surface area contributed by atoms with Crippen molar-refractivity contribution >= 4 is 27.5 Å². The minimum absolute atomic E-state index is 0.216. The number of hydrogen-bond donors (Lipinski definition) is 1. The van der Waals surface area contributed by atoms with Gasteiger partial charge in [-0.05, 0) is 51.0 Å². The molecule has 1 N–H and O–H groups in total. The number of thiophene rings is 1. The molecule has 0 bridgehead atoms. The molecule has 0 unspecified atom stereocenters. The Morgan fingerprint density at radius 3 is 2.69 bits per heavy atom. The monoisotopic (exact) mass is 372 g/mol. The van der Waals surface area contributed by atoms with Gasteiger partial charge in [0.05, 0.1) is 18.1 Å². The van der Waals surface area contributed by atoms with Gasteiger partial charge in [-0.25, -0.2) is 9.78 Å². The van der Waals surface area contributed by atoms with E-state index in [9.17, 15) is 9.59 Å². The van der Waals surface area contributed by atoms with E-state index in [0.717, 1.165) is 16.0 Å². The Hall–Kier alpha value is -2.67. The Kier molecular flexibility index (Phi) is 4.82. The van der Waals surface area contributed by atoms with Crippen LogP contribution < -0.4 is 10.3 Å². The molecule has 0 aliphatic heterocycles. The molecular weight excluding hydrogens is 352 g/mol. The Morgan fingerprint density at radius 1 is 1.27 bits per heavy atom. The maximum Gasteiger partial charge on any atom is 0.338 e. The number of nitrogens with zero attached hydrogens (tertiary/aromatic N) is 1. The first kappa shape index (κ1) is 18.1. The first-order valence-corrected chi connectivity index (χ1v) is 8.99. The maximum atomic E-state index is 12.4. The molecule has 0 saturated heterocycles. The second-order valence-corrected chi connectivity index (χ2v) is 7.35. The van der Waals surface area contributed by atoms with Gasteiger partial charge in [0, 0.05) is 4.88 Å². The number of carbonyl (C=O) groups is 1. The molecule has 6 nitrogen and oxygen atoms in total. The highest BCUT2D eigenvalue weighted by atomic mass is 32.1. The summed E-state index contributed by atoms with van der Waals surface area (Å²) in [6, 6.07) is 5.11. The molecule has 2 heterocycles. The minimum atomic E-state index is -0.686. The molecule has 1 aromatic carbocycles. The van der Waals surface area contributed by atoms with Crippen molar-refractivity contribution in [2.24, 2.45) is 0 Å². The molecule has 2 aromatic heterocycles. The molecule has 0 fully saturated rings. The number of aryl methyl sites for hydroxylation is 3. The molecule has 3 rings (SSSR count). The number of rotatable bonds is 4. The summed E-state index contributed by atoms with van der Waals surface area (Å²) in [5.74, 6) is 0.442. The largest absolute Gasteiger partial charge is 0.496 e. The molecule has 0 aliphatic carbocycles. The van der Waals surface area contributed by atoms with Gasteiger partial charge in [-0.1, -0.05) is 6.07 Å². The second-order valence-electron chi connectivity index (χ2n) is 6.15. The molecule has 1 atom stereocenters. The average Bonchev–Trinajstić information content (AvgIpc) is 2.89. The van der Waals surface area contributed by atoms with E-state index in [0.29, 0.717) is 27.4 Å². The summed E-state index contributed by atoms with van der Waals surface area (Å²) in [7, 11) is 1.55. The average molecular weight is 372 g/mol. The Labute approximate surface area is 154 Å². The van der Waals surface area contributed by atoms with E-state index >= 15 is 0 Å². The van der Waals surface area contributed by atoms with Gasteiger partial charge in [-0.2, -0.15) is 0 Å².